The molecule has 16 heavy (non-hydrogen) atoms. The van der Waals surface area contributed by atoms with Crippen molar-refractivity contribution in [2.45, 2.75) is 45.6 Å². The predicted molar refractivity (Wildman–Crippen MR) is 60.4 cm³/mol. The molecule has 2 N–H and O–H groups in total. The first kappa shape index (κ1) is 13.0. The quantitative estimate of drug-likeness (QED) is 0.753. The van der Waals surface area contributed by atoms with E-state index in [1.807, 2.05) is 13.8 Å². The molecule has 1 aliphatic carbocycles. The lowest BCUT2D eigenvalue weighted by molar-refractivity contribution is -0.133. The molecule has 0 bridgehead atoms. The summed E-state index contributed by atoms with van der Waals surface area (Å²) in [6, 6.07) is 2.09. The zero-order valence-corrected chi connectivity index (χ0v) is 10.2. The number of aliphatic hydroxyl groups is 1. The van der Waals surface area contributed by atoms with Crippen molar-refractivity contribution in [3.63, 3.8) is 0 Å². The first-order chi connectivity index (χ1) is 7.34. The summed E-state index contributed by atoms with van der Waals surface area (Å²) in [6.45, 7) is 5.69. The number of nitriles is 1. The summed E-state index contributed by atoms with van der Waals surface area (Å²) in [5.74, 6) is -0.172. The van der Waals surface area contributed by atoms with Crippen LogP contribution in [0.25, 0.3) is 0 Å². The summed E-state index contributed by atoms with van der Waals surface area (Å²) in [5.41, 5.74) is -1.75. The highest BCUT2D eigenvalue weighted by Crippen LogP contribution is 2.40. The van der Waals surface area contributed by atoms with E-state index in [0.29, 0.717) is 12.8 Å². The number of nitrogens with one attached hydrogen (secondary N) is 1. The van der Waals surface area contributed by atoms with Crippen LogP contribution in [0.2, 0.25) is 0 Å². The van der Waals surface area contributed by atoms with Crippen molar-refractivity contribution >= 4 is 5.91 Å². The highest BCUT2D eigenvalue weighted by atomic mass is 16.3. The average Bonchev–Trinajstić information content (AvgIpc) is 2.14. The summed E-state index contributed by atoms with van der Waals surface area (Å²) in [6.07, 6.45) is 2.21. The molecule has 0 aromatic heterocycles. The van der Waals surface area contributed by atoms with Crippen LogP contribution >= 0.6 is 0 Å². The molecule has 4 heteroatoms. The first-order valence-corrected chi connectivity index (χ1v) is 5.76. The molecule has 4 nitrogen and oxygen atoms in total. The van der Waals surface area contributed by atoms with Crippen LogP contribution in [0.3, 0.4) is 0 Å². The topological polar surface area (TPSA) is 73.1 Å². The van der Waals surface area contributed by atoms with E-state index in [4.69, 9.17) is 5.26 Å². The van der Waals surface area contributed by atoms with Crippen LogP contribution in [0.4, 0.5) is 0 Å². The van der Waals surface area contributed by atoms with Gasteiger partial charge in [-0.3, -0.25) is 4.79 Å². The lowest BCUT2D eigenvalue weighted by Crippen LogP contribution is -2.50. The van der Waals surface area contributed by atoms with Gasteiger partial charge in [0.05, 0.1) is 11.7 Å². The molecule has 1 aliphatic rings. The Morgan fingerprint density at radius 1 is 1.62 bits per heavy atom. The SMILES string of the molecule is CC(C)C(C)(O)CNC(=O)C1(C#N)CCC1. The van der Waals surface area contributed by atoms with Crippen LogP contribution in [0, 0.1) is 22.7 Å². The second-order valence-electron chi connectivity index (χ2n) is 5.24. The Labute approximate surface area is 96.6 Å². The van der Waals surface area contributed by atoms with E-state index < -0.39 is 11.0 Å². The van der Waals surface area contributed by atoms with Gasteiger partial charge in [-0.1, -0.05) is 13.8 Å². The van der Waals surface area contributed by atoms with Crippen molar-refractivity contribution in [1.82, 2.24) is 5.32 Å². The number of rotatable bonds is 4. The molecule has 0 saturated heterocycles. The number of amides is 1. The molecule has 0 heterocycles. The van der Waals surface area contributed by atoms with Gasteiger partial charge in [0.1, 0.15) is 5.41 Å². The zero-order valence-electron chi connectivity index (χ0n) is 10.2. The van der Waals surface area contributed by atoms with Crippen LogP contribution in [0.1, 0.15) is 40.0 Å². The van der Waals surface area contributed by atoms with Gasteiger partial charge in [0, 0.05) is 6.54 Å². The Morgan fingerprint density at radius 2 is 2.19 bits per heavy atom. The maximum absolute atomic E-state index is 11.8. The van der Waals surface area contributed by atoms with Crippen LogP contribution in [-0.2, 0) is 4.79 Å². The van der Waals surface area contributed by atoms with E-state index in [-0.39, 0.29) is 18.4 Å². The first-order valence-electron chi connectivity index (χ1n) is 5.76. The summed E-state index contributed by atoms with van der Waals surface area (Å²) < 4.78 is 0. The van der Waals surface area contributed by atoms with E-state index in [1.165, 1.54) is 0 Å². The van der Waals surface area contributed by atoms with E-state index >= 15 is 0 Å². The molecular formula is C12H20N2O2. The van der Waals surface area contributed by atoms with Crippen molar-refractivity contribution in [2.75, 3.05) is 6.54 Å². The van der Waals surface area contributed by atoms with Crippen LogP contribution in [0.15, 0.2) is 0 Å². The zero-order chi connectivity index (χ0) is 12.4. The fraction of sp³-hybridized carbons (Fsp3) is 0.833. The third-order valence-electron chi connectivity index (χ3n) is 3.71. The van der Waals surface area contributed by atoms with Gasteiger partial charge in [-0.15, -0.1) is 0 Å². The molecule has 1 atom stereocenters. The number of hydrogen-bond donors (Lipinski definition) is 2. The fourth-order valence-electron chi connectivity index (χ4n) is 1.55. The van der Waals surface area contributed by atoms with Crippen molar-refractivity contribution in [3.8, 4) is 6.07 Å². The monoisotopic (exact) mass is 224 g/mol. The Hall–Kier alpha value is -1.08. The lowest BCUT2D eigenvalue weighted by atomic mass is 9.69. The molecule has 0 radical (unpaired) electrons. The third kappa shape index (κ3) is 2.35. The van der Waals surface area contributed by atoms with Gasteiger partial charge in [0.15, 0.2) is 0 Å². The van der Waals surface area contributed by atoms with Gasteiger partial charge >= 0.3 is 0 Å². The Balaban J connectivity index is 2.51. The third-order valence-corrected chi connectivity index (χ3v) is 3.71. The van der Waals surface area contributed by atoms with Gasteiger partial charge in [-0.2, -0.15) is 5.26 Å². The highest BCUT2D eigenvalue weighted by Gasteiger charge is 2.45. The summed E-state index contributed by atoms with van der Waals surface area (Å²) in [7, 11) is 0. The van der Waals surface area contributed by atoms with Gasteiger partial charge in [0.2, 0.25) is 5.91 Å². The molecule has 0 aromatic carbocycles. The van der Waals surface area contributed by atoms with Crippen LogP contribution < -0.4 is 5.32 Å². The minimum atomic E-state index is -0.921. The molecule has 90 valence electrons. The van der Waals surface area contributed by atoms with E-state index in [9.17, 15) is 9.90 Å². The smallest absolute Gasteiger partial charge is 0.240 e. The fourth-order valence-corrected chi connectivity index (χ4v) is 1.55. The van der Waals surface area contributed by atoms with Crippen molar-refractivity contribution < 1.29 is 9.90 Å². The normalized spacial score (nSPS) is 21.8. The summed E-state index contributed by atoms with van der Waals surface area (Å²) >= 11 is 0. The summed E-state index contributed by atoms with van der Waals surface area (Å²) in [5, 5.41) is 21.6. The van der Waals surface area contributed by atoms with E-state index in [2.05, 4.69) is 11.4 Å². The van der Waals surface area contributed by atoms with Crippen LogP contribution in [-0.4, -0.2) is 23.2 Å². The molecule has 1 rings (SSSR count). The predicted octanol–water partition coefficient (Wildman–Crippen LogP) is 1.20. The van der Waals surface area contributed by atoms with Gasteiger partial charge in [-0.05, 0) is 32.1 Å². The van der Waals surface area contributed by atoms with Crippen LogP contribution in [0.5, 0.6) is 0 Å². The largest absolute Gasteiger partial charge is 0.388 e. The maximum atomic E-state index is 11.8. The molecule has 1 amide bonds. The summed E-state index contributed by atoms with van der Waals surface area (Å²) in [4.78, 5) is 11.8. The Morgan fingerprint density at radius 3 is 2.50 bits per heavy atom. The number of hydrogen-bond acceptors (Lipinski definition) is 3. The molecule has 0 aromatic rings. The number of carbonyl (C=O) groups is 1. The standard InChI is InChI=1S/C12H20N2O2/c1-9(2)11(3,16)8-14-10(15)12(7-13)5-4-6-12/h9,16H,4-6,8H2,1-3H3,(H,14,15). The Bertz CT molecular complexity index is 311. The van der Waals surface area contributed by atoms with Crippen molar-refractivity contribution in [2.24, 2.45) is 11.3 Å². The molecule has 0 aliphatic heterocycles. The lowest BCUT2D eigenvalue weighted by Gasteiger charge is -2.35. The molecule has 1 fully saturated rings. The van der Waals surface area contributed by atoms with Crippen molar-refractivity contribution in [1.29, 1.82) is 5.26 Å². The van der Waals surface area contributed by atoms with E-state index in [0.717, 1.165) is 6.42 Å². The number of carbonyl (C=O) groups excluding carboxylic acids is 1. The second kappa shape index (κ2) is 4.42. The van der Waals surface area contributed by atoms with Gasteiger partial charge in [-0.25, -0.2) is 0 Å². The molecule has 0 spiro atoms. The highest BCUT2D eigenvalue weighted by molar-refractivity contribution is 5.86. The molecule has 1 unspecified atom stereocenters. The molecule has 1 saturated carbocycles. The van der Waals surface area contributed by atoms with Gasteiger partial charge < -0.3 is 10.4 Å². The average molecular weight is 224 g/mol. The minimum absolute atomic E-state index is 0.0622. The van der Waals surface area contributed by atoms with Crippen molar-refractivity contribution in [3.05, 3.63) is 0 Å². The Kier molecular flexibility index (Phi) is 3.59. The molecular weight excluding hydrogens is 204 g/mol. The minimum Gasteiger partial charge on any atom is -0.388 e. The maximum Gasteiger partial charge on any atom is 0.240 e. The second-order valence-corrected chi connectivity index (χ2v) is 5.24. The number of nitrogens with zero attached hydrogens (tertiary/aromatic N) is 1. The van der Waals surface area contributed by atoms with E-state index in [1.54, 1.807) is 6.92 Å². The van der Waals surface area contributed by atoms with Gasteiger partial charge in [0.25, 0.3) is 0 Å².